The fraction of sp³-hybridized carbons (Fsp3) is 0.182. The first-order valence-corrected chi connectivity index (χ1v) is 5.39. The van der Waals surface area contributed by atoms with Crippen LogP contribution in [0, 0.1) is 0 Å². The summed E-state index contributed by atoms with van der Waals surface area (Å²) in [5.41, 5.74) is 0. The van der Waals surface area contributed by atoms with Gasteiger partial charge in [-0.3, -0.25) is 14.5 Å². The molecule has 0 aliphatic carbocycles. The smallest absolute Gasteiger partial charge is 0.350 e. The number of rotatable bonds is 2. The average molecular weight is 262 g/mol. The number of hydrogen-bond donors (Lipinski definition) is 2. The van der Waals surface area contributed by atoms with Crippen LogP contribution < -0.4 is 10.0 Å². The Hall–Kier alpha value is -2.77. The lowest BCUT2D eigenvalue weighted by Gasteiger charge is -2.27. The molecule has 1 atom stereocenters. The fourth-order valence-corrected chi connectivity index (χ4v) is 1.45. The second-order valence-corrected chi connectivity index (χ2v) is 3.85. The molecular weight excluding hydrogens is 250 g/mol. The van der Waals surface area contributed by atoms with E-state index >= 15 is 0 Å². The van der Waals surface area contributed by atoms with E-state index < -0.39 is 17.9 Å². The normalized spacial score (nSPS) is 19.9. The molecule has 0 saturated carbocycles. The number of hydrogen-bond acceptors (Lipinski definition) is 5. The largest absolute Gasteiger partial charge is 0.388 e. The van der Waals surface area contributed by atoms with E-state index in [9.17, 15) is 14.8 Å². The molecule has 98 valence electrons. The van der Waals surface area contributed by atoms with E-state index in [0.717, 1.165) is 4.73 Å². The van der Waals surface area contributed by atoms with Crippen molar-refractivity contribution in [2.45, 2.75) is 6.04 Å². The molecule has 1 fully saturated rings. The molecule has 2 amide bonds. The van der Waals surface area contributed by atoms with E-state index in [1.54, 1.807) is 12.1 Å². The maximum Gasteiger partial charge on any atom is 0.388 e. The van der Waals surface area contributed by atoms with E-state index in [-0.39, 0.29) is 11.6 Å². The Morgan fingerprint density at radius 1 is 1.47 bits per heavy atom. The summed E-state index contributed by atoms with van der Waals surface area (Å²) in [6.45, 7) is 3.52. The highest BCUT2D eigenvalue weighted by molar-refractivity contribution is 6.07. The number of amides is 2. The molecule has 1 aromatic rings. The summed E-state index contributed by atoms with van der Waals surface area (Å²) >= 11 is 0. The third-order valence-corrected chi connectivity index (χ3v) is 2.58. The van der Waals surface area contributed by atoms with Gasteiger partial charge in [0, 0.05) is 13.1 Å². The first kappa shape index (κ1) is 12.7. The van der Waals surface area contributed by atoms with Crippen molar-refractivity contribution < 1.29 is 19.5 Å². The first-order valence-electron chi connectivity index (χ1n) is 5.39. The summed E-state index contributed by atoms with van der Waals surface area (Å²) in [4.78, 5) is 24.6. The number of nitrogens with zero attached hydrogens (tertiary/aromatic N) is 4. The predicted molar refractivity (Wildman–Crippen MR) is 62.2 cm³/mol. The maximum atomic E-state index is 11.8. The highest BCUT2D eigenvalue weighted by atomic mass is 16.5. The Balaban J connectivity index is 2.23. The van der Waals surface area contributed by atoms with Crippen molar-refractivity contribution in [3.63, 3.8) is 0 Å². The number of azo groups is 1. The van der Waals surface area contributed by atoms with Gasteiger partial charge in [0.05, 0.1) is 5.11 Å². The van der Waals surface area contributed by atoms with Crippen molar-refractivity contribution in [2.24, 2.45) is 10.2 Å². The predicted octanol–water partition coefficient (Wildman–Crippen LogP) is -0.277. The van der Waals surface area contributed by atoms with Gasteiger partial charge < -0.3 is 10.5 Å². The minimum absolute atomic E-state index is 0.107. The molecule has 0 aromatic carbocycles. The molecule has 0 bridgehead atoms. The summed E-state index contributed by atoms with van der Waals surface area (Å²) in [6.07, 6.45) is 1.35. The number of aromatic nitrogens is 1. The van der Waals surface area contributed by atoms with Crippen LogP contribution in [0.3, 0.4) is 0 Å². The molecule has 0 spiro atoms. The highest BCUT2D eigenvalue weighted by Crippen LogP contribution is 2.12. The Labute approximate surface area is 108 Å². The van der Waals surface area contributed by atoms with Gasteiger partial charge in [0.15, 0.2) is 0 Å². The van der Waals surface area contributed by atoms with Crippen LogP contribution >= 0.6 is 0 Å². The third kappa shape index (κ3) is 2.41. The number of pyridine rings is 1. The molecule has 8 heteroatoms. The molecule has 2 N–H and O–H groups in total. The number of carbonyl (C=O) groups excluding carboxylic acids is 2. The Morgan fingerprint density at radius 3 is 2.89 bits per heavy atom. The third-order valence-electron chi connectivity index (χ3n) is 2.58. The van der Waals surface area contributed by atoms with Crippen LogP contribution in [0.1, 0.15) is 0 Å². The van der Waals surface area contributed by atoms with Crippen LogP contribution in [0.2, 0.25) is 0 Å². The Kier molecular flexibility index (Phi) is 3.23. The van der Waals surface area contributed by atoms with E-state index in [0.29, 0.717) is 0 Å². The van der Waals surface area contributed by atoms with Gasteiger partial charge in [-0.2, -0.15) is 0 Å². The molecule has 2 rings (SSSR count). The second kappa shape index (κ2) is 4.84. The maximum absolute atomic E-state index is 11.8. The van der Waals surface area contributed by atoms with Gasteiger partial charge in [-0.1, -0.05) is 11.7 Å². The minimum atomic E-state index is -1.28. The second-order valence-electron chi connectivity index (χ2n) is 3.85. The van der Waals surface area contributed by atoms with Gasteiger partial charge in [-0.05, 0) is 16.9 Å². The van der Waals surface area contributed by atoms with Gasteiger partial charge in [-0.25, -0.2) is 0 Å². The van der Waals surface area contributed by atoms with E-state index in [4.69, 9.17) is 0 Å². The molecule has 8 nitrogen and oxygen atoms in total. The molecule has 1 aromatic heterocycles. The molecular formula is C11H12N5O3+. The molecule has 2 heterocycles. The van der Waals surface area contributed by atoms with Gasteiger partial charge in [0.1, 0.15) is 12.0 Å². The van der Waals surface area contributed by atoms with Crippen LogP contribution in [-0.4, -0.2) is 35.0 Å². The summed E-state index contributed by atoms with van der Waals surface area (Å²) < 4.78 is 0.733. The lowest BCUT2D eigenvalue weighted by Crippen LogP contribution is -2.53. The lowest BCUT2D eigenvalue weighted by atomic mass is 10.2. The SMILES string of the molecule is C=C1NC(=O)C(N=Nc2cccc[n+]2O)C(=O)N1C. The van der Waals surface area contributed by atoms with Gasteiger partial charge in [0.25, 0.3) is 17.9 Å². The van der Waals surface area contributed by atoms with E-state index in [2.05, 4.69) is 22.1 Å². The van der Waals surface area contributed by atoms with Crippen molar-refractivity contribution >= 4 is 17.6 Å². The van der Waals surface area contributed by atoms with Crippen molar-refractivity contribution in [1.29, 1.82) is 0 Å². The van der Waals surface area contributed by atoms with Crippen LogP contribution in [0.15, 0.2) is 47.0 Å². The van der Waals surface area contributed by atoms with Gasteiger partial charge in [-0.15, -0.1) is 0 Å². The Bertz CT molecular complexity index is 583. The topological polar surface area (TPSA) is 98.2 Å². The molecule has 1 aliphatic rings. The molecule has 1 unspecified atom stereocenters. The average Bonchev–Trinajstić information content (AvgIpc) is 2.38. The summed E-state index contributed by atoms with van der Waals surface area (Å²) in [6, 6.07) is 3.43. The zero-order valence-electron chi connectivity index (χ0n) is 10.1. The van der Waals surface area contributed by atoms with Crippen LogP contribution in [0.5, 0.6) is 0 Å². The van der Waals surface area contributed by atoms with Gasteiger partial charge in [0.2, 0.25) is 0 Å². The standard InChI is InChI=1S/C11H11N5O3/c1-7-12-10(17)9(11(18)15(7)2)14-13-8-5-3-4-6-16(8)19/h3-6,9H,1H2,2H3,(H-,12,14,17,19)/p+1. The van der Waals surface area contributed by atoms with Crippen LogP contribution in [0.4, 0.5) is 5.82 Å². The van der Waals surface area contributed by atoms with E-state index in [1.807, 2.05) is 0 Å². The molecule has 1 aliphatic heterocycles. The highest BCUT2D eigenvalue weighted by Gasteiger charge is 2.37. The van der Waals surface area contributed by atoms with Gasteiger partial charge >= 0.3 is 5.82 Å². The summed E-state index contributed by atoms with van der Waals surface area (Å²) in [5, 5.41) is 19.2. The fourth-order valence-electron chi connectivity index (χ4n) is 1.45. The summed E-state index contributed by atoms with van der Waals surface area (Å²) in [7, 11) is 1.47. The number of likely N-dealkylation sites (N-methyl/N-ethyl adjacent to an activating group) is 1. The lowest BCUT2D eigenvalue weighted by molar-refractivity contribution is -0.894. The molecule has 19 heavy (non-hydrogen) atoms. The molecule has 0 radical (unpaired) electrons. The Morgan fingerprint density at radius 2 is 2.21 bits per heavy atom. The van der Waals surface area contributed by atoms with E-state index in [1.165, 1.54) is 24.2 Å². The minimum Gasteiger partial charge on any atom is -0.350 e. The van der Waals surface area contributed by atoms with Crippen molar-refractivity contribution in [3.8, 4) is 0 Å². The zero-order chi connectivity index (χ0) is 14.0. The van der Waals surface area contributed by atoms with Crippen molar-refractivity contribution in [1.82, 2.24) is 10.2 Å². The zero-order valence-corrected chi connectivity index (χ0v) is 10.1. The first-order chi connectivity index (χ1) is 9.00. The monoisotopic (exact) mass is 262 g/mol. The quantitative estimate of drug-likeness (QED) is 0.332. The van der Waals surface area contributed by atoms with Crippen LogP contribution in [0.25, 0.3) is 0 Å². The van der Waals surface area contributed by atoms with Crippen molar-refractivity contribution in [2.75, 3.05) is 7.05 Å². The number of carbonyl (C=O) groups is 2. The number of nitrogens with one attached hydrogen (secondary N) is 1. The van der Waals surface area contributed by atoms with Crippen LogP contribution in [-0.2, 0) is 9.59 Å². The summed E-state index contributed by atoms with van der Waals surface area (Å²) in [5.74, 6) is -0.830. The van der Waals surface area contributed by atoms with Crippen molar-refractivity contribution in [3.05, 3.63) is 36.8 Å². The molecule has 1 saturated heterocycles.